The zero-order valence-corrected chi connectivity index (χ0v) is 18.6. The van der Waals surface area contributed by atoms with Crippen LogP contribution in [0.3, 0.4) is 0 Å². The number of amides is 1. The summed E-state index contributed by atoms with van der Waals surface area (Å²) in [4.78, 5) is 15.0. The smallest absolute Gasteiger partial charge is 0.258 e. The molecule has 1 atom stereocenters. The summed E-state index contributed by atoms with van der Waals surface area (Å²) in [7, 11) is 1.67. The number of nitrogens with zero attached hydrogens (tertiary/aromatic N) is 1. The Morgan fingerprint density at radius 2 is 1.90 bits per heavy atom. The van der Waals surface area contributed by atoms with Gasteiger partial charge < -0.3 is 19.5 Å². The van der Waals surface area contributed by atoms with Gasteiger partial charge in [-0.25, -0.2) is 0 Å². The summed E-state index contributed by atoms with van der Waals surface area (Å²) in [6.07, 6.45) is 3.23. The van der Waals surface area contributed by atoms with Gasteiger partial charge in [-0.1, -0.05) is 24.3 Å². The SMILES string of the molecule is COc1ccc(C(CNC(=O)COc2cccc3c2OC(C)(C)C3)N2CCCC2)cc1. The predicted molar refractivity (Wildman–Crippen MR) is 120 cm³/mol. The van der Waals surface area contributed by atoms with Crippen LogP contribution in [-0.4, -0.2) is 49.8 Å². The van der Waals surface area contributed by atoms with Crippen molar-refractivity contribution >= 4 is 5.91 Å². The van der Waals surface area contributed by atoms with Crippen LogP contribution < -0.4 is 19.5 Å². The predicted octanol–water partition coefficient (Wildman–Crippen LogP) is 3.74. The van der Waals surface area contributed by atoms with E-state index in [-0.39, 0.29) is 24.2 Å². The van der Waals surface area contributed by atoms with Crippen LogP contribution in [0.1, 0.15) is 43.9 Å². The van der Waals surface area contributed by atoms with Crippen molar-refractivity contribution in [3.05, 3.63) is 53.6 Å². The largest absolute Gasteiger partial charge is 0.497 e. The third-order valence-electron chi connectivity index (χ3n) is 5.99. The first-order chi connectivity index (χ1) is 14.9. The number of carbonyl (C=O) groups excluding carboxylic acids is 1. The Morgan fingerprint density at radius 3 is 2.61 bits per heavy atom. The lowest BCUT2D eigenvalue weighted by Gasteiger charge is -2.28. The summed E-state index contributed by atoms with van der Waals surface area (Å²) in [5, 5.41) is 3.06. The standard InChI is InChI=1S/C25H32N2O4/c1-25(2)15-19-7-6-8-22(24(19)31-25)30-17-23(28)26-16-21(27-13-4-5-14-27)18-9-11-20(29-3)12-10-18/h6-12,21H,4-5,13-17H2,1-3H3,(H,26,28). The second-order valence-electron chi connectivity index (χ2n) is 8.91. The minimum atomic E-state index is -0.245. The first-order valence-corrected chi connectivity index (χ1v) is 11.0. The molecule has 4 rings (SSSR count). The molecule has 1 amide bonds. The van der Waals surface area contributed by atoms with Crippen LogP contribution in [0.2, 0.25) is 0 Å². The van der Waals surface area contributed by atoms with Crippen molar-refractivity contribution in [1.82, 2.24) is 10.2 Å². The second kappa shape index (κ2) is 9.18. The summed E-state index contributed by atoms with van der Waals surface area (Å²) in [5.41, 5.74) is 2.06. The van der Waals surface area contributed by atoms with Crippen molar-refractivity contribution in [3.63, 3.8) is 0 Å². The number of ether oxygens (including phenoxy) is 3. The Morgan fingerprint density at radius 1 is 1.16 bits per heavy atom. The van der Waals surface area contributed by atoms with Crippen LogP contribution in [0.15, 0.2) is 42.5 Å². The Labute approximate surface area is 184 Å². The van der Waals surface area contributed by atoms with E-state index in [2.05, 4.69) is 36.2 Å². The van der Waals surface area contributed by atoms with Gasteiger partial charge in [0.05, 0.1) is 13.2 Å². The van der Waals surface area contributed by atoms with Gasteiger partial charge >= 0.3 is 0 Å². The molecule has 2 aliphatic rings. The highest BCUT2D eigenvalue weighted by Gasteiger charge is 2.32. The molecule has 0 saturated carbocycles. The molecule has 0 aromatic heterocycles. The van der Waals surface area contributed by atoms with Gasteiger partial charge in [0, 0.05) is 18.5 Å². The monoisotopic (exact) mass is 424 g/mol. The molecule has 0 radical (unpaired) electrons. The third-order valence-corrected chi connectivity index (χ3v) is 5.99. The molecule has 6 heteroatoms. The maximum absolute atomic E-state index is 12.6. The van der Waals surface area contributed by atoms with Crippen molar-refractivity contribution in [2.24, 2.45) is 0 Å². The van der Waals surface area contributed by atoms with Crippen LogP contribution in [0.5, 0.6) is 17.2 Å². The van der Waals surface area contributed by atoms with Crippen LogP contribution in [-0.2, 0) is 11.2 Å². The number of carbonyl (C=O) groups is 1. The van der Waals surface area contributed by atoms with E-state index >= 15 is 0 Å². The number of hydrogen-bond acceptors (Lipinski definition) is 5. The van der Waals surface area contributed by atoms with Gasteiger partial charge in [-0.2, -0.15) is 0 Å². The van der Waals surface area contributed by atoms with Crippen molar-refractivity contribution in [2.45, 2.75) is 44.8 Å². The van der Waals surface area contributed by atoms with Gasteiger partial charge in [0.15, 0.2) is 18.1 Å². The Balaban J connectivity index is 1.36. The number of fused-ring (bicyclic) bond motifs is 1. The quantitative estimate of drug-likeness (QED) is 0.700. The van der Waals surface area contributed by atoms with E-state index < -0.39 is 0 Å². The van der Waals surface area contributed by atoms with Gasteiger partial charge in [0.25, 0.3) is 5.91 Å². The van der Waals surface area contributed by atoms with Crippen molar-refractivity contribution in [1.29, 1.82) is 0 Å². The third kappa shape index (κ3) is 5.13. The number of rotatable bonds is 8. The molecule has 2 heterocycles. The molecule has 2 aromatic carbocycles. The molecule has 6 nitrogen and oxygen atoms in total. The number of hydrogen-bond donors (Lipinski definition) is 1. The first-order valence-electron chi connectivity index (χ1n) is 11.0. The molecule has 2 aliphatic heterocycles. The van der Waals surface area contributed by atoms with Crippen molar-refractivity contribution < 1.29 is 19.0 Å². The molecule has 1 saturated heterocycles. The molecular formula is C25H32N2O4. The Hall–Kier alpha value is -2.73. The highest BCUT2D eigenvalue weighted by atomic mass is 16.5. The molecule has 0 aliphatic carbocycles. The molecule has 31 heavy (non-hydrogen) atoms. The van der Waals surface area contributed by atoms with E-state index in [1.54, 1.807) is 7.11 Å². The van der Waals surface area contributed by atoms with Crippen LogP contribution in [0.25, 0.3) is 0 Å². The number of nitrogens with one attached hydrogen (secondary N) is 1. The maximum atomic E-state index is 12.6. The van der Waals surface area contributed by atoms with Crippen LogP contribution >= 0.6 is 0 Å². The van der Waals surface area contributed by atoms with Crippen LogP contribution in [0, 0.1) is 0 Å². The van der Waals surface area contributed by atoms with Gasteiger partial charge in [-0.15, -0.1) is 0 Å². The fourth-order valence-corrected chi connectivity index (χ4v) is 4.44. The van der Waals surface area contributed by atoms with Gasteiger partial charge in [-0.3, -0.25) is 9.69 Å². The fourth-order valence-electron chi connectivity index (χ4n) is 4.44. The molecule has 0 spiro atoms. The lowest BCUT2D eigenvalue weighted by molar-refractivity contribution is -0.123. The van der Waals surface area contributed by atoms with E-state index in [0.717, 1.165) is 36.6 Å². The average molecular weight is 425 g/mol. The lowest BCUT2D eigenvalue weighted by atomic mass is 10.0. The average Bonchev–Trinajstić information content (AvgIpc) is 3.39. The molecule has 1 N–H and O–H groups in total. The normalized spacial score (nSPS) is 18.2. The van der Waals surface area contributed by atoms with Gasteiger partial charge in [-0.05, 0) is 63.5 Å². The summed E-state index contributed by atoms with van der Waals surface area (Å²) in [5.74, 6) is 2.09. The summed E-state index contributed by atoms with van der Waals surface area (Å²) < 4.78 is 17.1. The first kappa shape index (κ1) is 21.5. The molecule has 0 bridgehead atoms. The molecule has 2 aromatic rings. The summed E-state index contributed by atoms with van der Waals surface area (Å²) in [6, 6.07) is 14.1. The lowest BCUT2D eigenvalue weighted by Crippen LogP contribution is -2.38. The number of para-hydroxylation sites is 1. The van der Waals surface area contributed by atoms with Gasteiger partial charge in [0.1, 0.15) is 11.4 Å². The zero-order valence-electron chi connectivity index (χ0n) is 18.6. The minimum Gasteiger partial charge on any atom is -0.497 e. The Kier molecular flexibility index (Phi) is 6.37. The maximum Gasteiger partial charge on any atom is 0.258 e. The highest BCUT2D eigenvalue weighted by Crippen LogP contribution is 2.41. The van der Waals surface area contributed by atoms with E-state index in [9.17, 15) is 4.79 Å². The van der Waals surface area contributed by atoms with E-state index in [0.29, 0.717) is 12.3 Å². The van der Waals surface area contributed by atoms with Crippen LogP contribution in [0.4, 0.5) is 0 Å². The second-order valence-corrected chi connectivity index (χ2v) is 8.91. The molecule has 1 fully saturated rings. The number of benzene rings is 2. The summed E-state index contributed by atoms with van der Waals surface area (Å²) >= 11 is 0. The zero-order chi connectivity index (χ0) is 21.8. The molecule has 166 valence electrons. The number of methoxy groups -OCH3 is 1. The highest BCUT2D eigenvalue weighted by molar-refractivity contribution is 5.77. The van der Waals surface area contributed by atoms with E-state index in [1.165, 1.54) is 18.4 Å². The van der Waals surface area contributed by atoms with E-state index in [4.69, 9.17) is 14.2 Å². The molecular weight excluding hydrogens is 392 g/mol. The topological polar surface area (TPSA) is 60.0 Å². The number of likely N-dealkylation sites (tertiary alicyclic amines) is 1. The van der Waals surface area contributed by atoms with E-state index in [1.807, 2.05) is 30.3 Å². The summed E-state index contributed by atoms with van der Waals surface area (Å²) in [6.45, 7) is 6.72. The van der Waals surface area contributed by atoms with Crippen molar-refractivity contribution in [2.75, 3.05) is 33.4 Å². The van der Waals surface area contributed by atoms with Gasteiger partial charge in [0.2, 0.25) is 0 Å². The molecule has 1 unspecified atom stereocenters. The fraction of sp³-hybridized carbons (Fsp3) is 0.480. The minimum absolute atomic E-state index is 0.0322. The van der Waals surface area contributed by atoms with Crippen molar-refractivity contribution in [3.8, 4) is 17.2 Å². The Bertz CT molecular complexity index is 904.